The first-order valence-electron chi connectivity index (χ1n) is 11.4. The maximum absolute atomic E-state index is 6.59. The lowest BCUT2D eigenvalue weighted by Crippen LogP contribution is -2.41. The van der Waals surface area contributed by atoms with Crippen LogP contribution in [0.3, 0.4) is 0 Å². The molecule has 2 aromatic carbocycles. The minimum atomic E-state index is -0.377. The Morgan fingerprint density at radius 2 is 1.23 bits per heavy atom. The zero-order chi connectivity index (χ0) is 22.6. The summed E-state index contributed by atoms with van der Waals surface area (Å²) in [5.74, 6) is 2.04. The van der Waals surface area contributed by atoms with Crippen LogP contribution < -0.4 is 9.47 Å². The van der Waals surface area contributed by atoms with Crippen molar-refractivity contribution in [2.24, 2.45) is 0 Å². The van der Waals surface area contributed by atoms with Crippen LogP contribution in [-0.4, -0.2) is 32.5 Å². The van der Waals surface area contributed by atoms with Crippen molar-refractivity contribution in [2.75, 3.05) is 14.2 Å². The normalized spacial score (nSPS) is 19.1. The van der Waals surface area contributed by atoms with Gasteiger partial charge < -0.3 is 18.8 Å². The van der Waals surface area contributed by atoms with Gasteiger partial charge in [-0.25, -0.2) is 0 Å². The largest absolute Gasteiger partial charge is 0.497 e. The molecule has 3 rings (SSSR count). The molecule has 0 N–H and O–H groups in total. The van der Waals surface area contributed by atoms with Crippen LogP contribution in [0.2, 0.25) is 0 Å². The van der Waals surface area contributed by atoms with E-state index in [4.69, 9.17) is 18.8 Å². The lowest BCUT2D eigenvalue weighted by atomic mass is 9.59. The van der Waals surface area contributed by atoms with Crippen molar-refractivity contribution in [2.45, 2.75) is 76.8 Å². The molecule has 4 nitrogen and oxygen atoms in total. The highest BCUT2D eigenvalue weighted by Crippen LogP contribution is 2.47. The quantitative estimate of drug-likeness (QED) is 0.437. The third kappa shape index (κ3) is 5.10. The van der Waals surface area contributed by atoms with Crippen LogP contribution in [-0.2, 0) is 9.31 Å². The van der Waals surface area contributed by atoms with Gasteiger partial charge >= 0.3 is 7.12 Å². The molecule has 1 aliphatic heterocycles. The number of hydrogen-bond acceptors (Lipinski definition) is 4. The van der Waals surface area contributed by atoms with E-state index < -0.39 is 0 Å². The Hall–Kier alpha value is -1.98. The Morgan fingerprint density at radius 1 is 0.774 bits per heavy atom. The summed E-state index contributed by atoms with van der Waals surface area (Å²) in [5, 5.41) is 0. The average Bonchev–Trinajstić information content (AvgIpc) is 2.98. The lowest BCUT2D eigenvalue weighted by molar-refractivity contribution is 0.00578. The van der Waals surface area contributed by atoms with Gasteiger partial charge in [0.2, 0.25) is 0 Å². The van der Waals surface area contributed by atoms with Gasteiger partial charge in [0.15, 0.2) is 0 Å². The van der Waals surface area contributed by atoms with Crippen molar-refractivity contribution >= 4 is 7.12 Å². The van der Waals surface area contributed by atoms with Gasteiger partial charge in [0, 0.05) is 5.82 Å². The molecule has 2 aromatic rings. The molecule has 1 aliphatic rings. The van der Waals surface area contributed by atoms with E-state index in [9.17, 15) is 0 Å². The molecule has 2 unspecified atom stereocenters. The molecular formula is C26H37BO4. The van der Waals surface area contributed by atoms with Crippen LogP contribution in [0.1, 0.15) is 76.7 Å². The third-order valence-corrected chi connectivity index (χ3v) is 6.91. The summed E-state index contributed by atoms with van der Waals surface area (Å²) in [6.45, 7) is 10.7. The van der Waals surface area contributed by atoms with Crippen LogP contribution in [0, 0.1) is 0 Å². The van der Waals surface area contributed by atoms with Crippen molar-refractivity contribution < 1.29 is 18.8 Å². The summed E-state index contributed by atoms with van der Waals surface area (Å²) in [4.78, 5) is 0. The molecule has 0 bridgehead atoms. The van der Waals surface area contributed by atoms with E-state index in [1.807, 2.05) is 24.3 Å². The molecule has 0 saturated carbocycles. The van der Waals surface area contributed by atoms with Crippen LogP contribution in [0.5, 0.6) is 11.5 Å². The number of benzene rings is 2. The fourth-order valence-corrected chi connectivity index (χ4v) is 4.27. The number of unbranched alkanes of at least 4 members (excludes halogenated alkanes) is 1. The van der Waals surface area contributed by atoms with E-state index >= 15 is 0 Å². The first-order valence-corrected chi connectivity index (χ1v) is 11.4. The number of rotatable bonds is 9. The van der Waals surface area contributed by atoms with Crippen LogP contribution in [0.25, 0.3) is 0 Å². The second-order valence-electron chi connectivity index (χ2n) is 9.45. The molecule has 0 radical (unpaired) electrons. The molecule has 0 aromatic heterocycles. The Kier molecular flexibility index (Phi) is 7.38. The minimum absolute atomic E-state index is 0.0619. The van der Waals surface area contributed by atoms with Crippen molar-refractivity contribution in [3.05, 3.63) is 59.7 Å². The fraction of sp³-hybridized carbons (Fsp3) is 0.538. The predicted molar refractivity (Wildman–Crippen MR) is 127 cm³/mol. The molecule has 1 saturated heterocycles. The van der Waals surface area contributed by atoms with E-state index in [1.54, 1.807) is 14.2 Å². The standard InChI is InChI=1S/C26H37BO4/c1-8-9-10-23(19-11-15-21(28-6)16-12-19)24(20-13-17-22(29-7)18-14-20)27-30-25(2,3)26(4,5)31-27/h11-18,23-24H,8-10H2,1-7H3. The van der Waals surface area contributed by atoms with E-state index in [2.05, 4.69) is 58.9 Å². The van der Waals surface area contributed by atoms with Crippen molar-refractivity contribution in [1.82, 2.24) is 0 Å². The SMILES string of the molecule is CCCCC(c1ccc(OC)cc1)C(B1OC(C)(C)C(C)(C)O1)c1ccc(OC)cc1. The molecule has 1 heterocycles. The van der Waals surface area contributed by atoms with Gasteiger partial charge in [0.25, 0.3) is 0 Å². The molecule has 0 spiro atoms. The van der Waals surface area contributed by atoms with Crippen LogP contribution in [0.15, 0.2) is 48.5 Å². The molecule has 2 atom stereocenters. The maximum Gasteiger partial charge on any atom is 0.466 e. The van der Waals surface area contributed by atoms with Gasteiger partial charge in [-0.15, -0.1) is 0 Å². The molecule has 5 heteroatoms. The van der Waals surface area contributed by atoms with Gasteiger partial charge in [-0.3, -0.25) is 0 Å². The monoisotopic (exact) mass is 424 g/mol. The van der Waals surface area contributed by atoms with Crippen LogP contribution >= 0.6 is 0 Å². The second kappa shape index (κ2) is 9.66. The number of ether oxygens (including phenoxy) is 2. The summed E-state index contributed by atoms with van der Waals surface area (Å²) in [6, 6.07) is 16.8. The van der Waals surface area contributed by atoms with Crippen molar-refractivity contribution in [3.8, 4) is 11.5 Å². The topological polar surface area (TPSA) is 36.9 Å². The third-order valence-electron chi connectivity index (χ3n) is 6.91. The van der Waals surface area contributed by atoms with Gasteiger partial charge in [-0.2, -0.15) is 0 Å². The first-order chi connectivity index (χ1) is 14.7. The molecular weight excluding hydrogens is 387 g/mol. The average molecular weight is 424 g/mol. The zero-order valence-electron chi connectivity index (χ0n) is 20.1. The highest BCUT2D eigenvalue weighted by atomic mass is 16.7. The smallest absolute Gasteiger partial charge is 0.466 e. The van der Waals surface area contributed by atoms with E-state index in [0.717, 1.165) is 30.8 Å². The molecule has 31 heavy (non-hydrogen) atoms. The van der Waals surface area contributed by atoms with E-state index in [1.165, 1.54) is 11.1 Å². The van der Waals surface area contributed by atoms with E-state index in [0.29, 0.717) is 0 Å². The van der Waals surface area contributed by atoms with Gasteiger partial charge in [-0.05, 0) is 75.4 Å². The summed E-state index contributed by atoms with van der Waals surface area (Å²) in [7, 11) is 3.07. The molecule has 1 fully saturated rings. The van der Waals surface area contributed by atoms with Gasteiger partial charge in [0.1, 0.15) is 11.5 Å². The zero-order valence-corrected chi connectivity index (χ0v) is 20.1. The molecule has 0 amide bonds. The summed E-state index contributed by atoms with van der Waals surface area (Å²) in [5.41, 5.74) is 1.73. The van der Waals surface area contributed by atoms with Gasteiger partial charge in [0.05, 0.1) is 25.4 Å². The fourth-order valence-electron chi connectivity index (χ4n) is 4.27. The number of hydrogen-bond donors (Lipinski definition) is 0. The lowest BCUT2D eigenvalue weighted by Gasteiger charge is -2.32. The second-order valence-corrected chi connectivity index (χ2v) is 9.45. The predicted octanol–water partition coefficient (Wildman–Crippen LogP) is 6.39. The Morgan fingerprint density at radius 3 is 1.65 bits per heavy atom. The highest BCUT2D eigenvalue weighted by Gasteiger charge is 2.55. The molecule has 168 valence electrons. The van der Waals surface area contributed by atoms with Gasteiger partial charge in [-0.1, -0.05) is 44.0 Å². The summed E-state index contributed by atoms with van der Waals surface area (Å²) < 4.78 is 24.0. The number of methoxy groups -OCH3 is 2. The maximum atomic E-state index is 6.59. The van der Waals surface area contributed by atoms with Crippen LogP contribution in [0.4, 0.5) is 0 Å². The highest BCUT2D eigenvalue weighted by molar-refractivity contribution is 6.48. The Balaban J connectivity index is 2.06. The summed E-state index contributed by atoms with van der Waals surface area (Å²) in [6.07, 6.45) is 3.35. The molecule has 0 aliphatic carbocycles. The first kappa shape index (κ1) is 23.7. The van der Waals surface area contributed by atoms with E-state index in [-0.39, 0.29) is 30.1 Å². The minimum Gasteiger partial charge on any atom is -0.497 e. The Labute approximate surface area is 188 Å². The van der Waals surface area contributed by atoms with Crippen molar-refractivity contribution in [1.29, 1.82) is 0 Å². The van der Waals surface area contributed by atoms with Crippen molar-refractivity contribution in [3.63, 3.8) is 0 Å². The Bertz CT molecular complexity index is 813. The summed E-state index contributed by atoms with van der Waals surface area (Å²) >= 11 is 0.